The van der Waals surface area contributed by atoms with E-state index in [1.54, 1.807) is 0 Å². The highest BCUT2D eigenvalue weighted by Crippen LogP contribution is 2.50. The van der Waals surface area contributed by atoms with Crippen LogP contribution in [0.5, 0.6) is 0 Å². The molecule has 0 bridgehead atoms. The lowest BCUT2D eigenvalue weighted by atomic mass is 10.2. The van der Waals surface area contributed by atoms with Crippen LogP contribution in [0, 0.1) is 0 Å². The van der Waals surface area contributed by atoms with E-state index in [0.717, 1.165) is 31.2 Å². The lowest BCUT2D eigenvalue weighted by Gasteiger charge is -2.14. The molecule has 0 aliphatic carbocycles. The van der Waals surface area contributed by atoms with Crippen molar-refractivity contribution in [2.24, 2.45) is 10.5 Å². The molecule has 1 aromatic carbocycles. The maximum absolute atomic E-state index is 12.7. The maximum Gasteiger partial charge on any atom is 0.456 e. The first-order valence-electron chi connectivity index (χ1n) is 8.01. The zero-order chi connectivity index (χ0) is 17.0. The van der Waals surface area contributed by atoms with Crippen molar-refractivity contribution in [3.63, 3.8) is 0 Å². The lowest BCUT2D eigenvalue weighted by molar-refractivity contribution is 0.201. The molecule has 5 nitrogen and oxygen atoms in total. The average molecular weight is 358 g/mol. The molecule has 0 fully saturated rings. The molecule has 0 atom stereocenters. The normalized spacial score (nSPS) is 12.5. The van der Waals surface area contributed by atoms with Gasteiger partial charge in [-0.25, -0.2) is 4.57 Å². The van der Waals surface area contributed by atoms with Gasteiger partial charge in [0.05, 0.1) is 13.2 Å². The van der Waals surface area contributed by atoms with E-state index in [9.17, 15) is 4.57 Å². The summed E-state index contributed by atoms with van der Waals surface area (Å²) in [6.07, 6.45) is 3.54. The number of thioether (sulfide) groups is 1. The highest BCUT2D eigenvalue weighted by atomic mass is 32.2. The summed E-state index contributed by atoms with van der Waals surface area (Å²) in [6, 6.07) is 9.92. The fraction of sp³-hybridized carbons (Fsp3) is 0.562. The first-order chi connectivity index (χ1) is 11.1. The van der Waals surface area contributed by atoms with Gasteiger partial charge < -0.3 is 5.73 Å². The van der Waals surface area contributed by atoms with Gasteiger partial charge in [0.1, 0.15) is 0 Å². The molecule has 0 saturated heterocycles. The van der Waals surface area contributed by atoms with Gasteiger partial charge in [0.25, 0.3) is 0 Å². The number of hydrogen-bond acceptors (Lipinski definition) is 4. The molecule has 2 N–H and O–H groups in total. The Kier molecular flexibility index (Phi) is 10.3. The van der Waals surface area contributed by atoms with Crippen LogP contribution < -0.4 is 5.73 Å². The largest absolute Gasteiger partial charge is 0.456 e. The second-order valence-electron chi connectivity index (χ2n) is 5.05. The van der Waals surface area contributed by atoms with Crippen molar-refractivity contribution in [3.05, 3.63) is 35.9 Å². The fourth-order valence-corrected chi connectivity index (χ4v) is 3.81. The summed E-state index contributed by atoms with van der Waals surface area (Å²) in [5, 5.41) is 0.227. The third-order valence-electron chi connectivity index (χ3n) is 2.96. The Balaban J connectivity index is 2.61. The van der Waals surface area contributed by atoms with Crippen molar-refractivity contribution in [1.29, 1.82) is 0 Å². The van der Waals surface area contributed by atoms with Crippen molar-refractivity contribution in [3.8, 4) is 0 Å². The first-order valence-corrected chi connectivity index (χ1v) is 10.5. The Labute approximate surface area is 143 Å². The van der Waals surface area contributed by atoms with E-state index in [4.69, 9.17) is 14.8 Å². The molecule has 130 valence electrons. The molecular weight excluding hydrogens is 331 g/mol. The van der Waals surface area contributed by atoms with Crippen molar-refractivity contribution in [1.82, 2.24) is 0 Å². The minimum Gasteiger partial charge on any atom is -0.378 e. The van der Waals surface area contributed by atoms with Crippen molar-refractivity contribution < 1.29 is 13.6 Å². The molecule has 0 aliphatic rings. The predicted octanol–water partition coefficient (Wildman–Crippen LogP) is 4.98. The van der Waals surface area contributed by atoms with Gasteiger partial charge in [-0.05, 0) is 18.4 Å². The van der Waals surface area contributed by atoms with E-state index in [-0.39, 0.29) is 5.17 Å². The third kappa shape index (κ3) is 9.16. The smallest absolute Gasteiger partial charge is 0.378 e. The molecule has 0 radical (unpaired) electrons. The van der Waals surface area contributed by atoms with Gasteiger partial charge >= 0.3 is 7.75 Å². The Morgan fingerprint density at radius 2 is 1.70 bits per heavy atom. The van der Waals surface area contributed by atoms with Crippen LogP contribution >= 0.6 is 19.5 Å². The quantitative estimate of drug-likeness (QED) is 0.261. The van der Waals surface area contributed by atoms with Gasteiger partial charge in [0, 0.05) is 5.75 Å². The van der Waals surface area contributed by atoms with Crippen molar-refractivity contribution >= 4 is 24.7 Å². The van der Waals surface area contributed by atoms with Crippen LogP contribution in [0.2, 0.25) is 0 Å². The minimum absolute atomic E-state index is 0.227. The minimum atomic E-state index is -3.51. The molecular formula is C16H27N2O3PS. The van der Waals surface area contributed by atoms with Gasteiger partial charge in [-0.3, -0.25) is 9.05 Å². The molecule has 0 spiro atoms. The standard InChI is InChI=1S/C16H27N2O3PS/c1-3-5-12-20-22(19,21-13-6-4-2)18-16(17)23-14-15-10-8-7-9-11-15/h7-11H,3-6,12-14H2,1-2H3,(H2,17,18,19). The number of nitrogens with two attached hydrogens (primary N) is 1. The molecule has 23 heavy (non-hydrogen) atoms. The van der Waals surface area contributed by atoms with Gasteiger partial charge in [0.2, 0.25) is 0 Å². The number of unbranched alkanes of at least 4 members (excludes halogenated alkanes) is 2. The van der Waals surface area contributed by atoms with E-state index >= 15 is 0 Å². The van der Waals surface area contributed by atoms with Crippen LogP contribution in [0.4, 0.5) is 0 Å². The zero-order valence-corrected chi connectivity index (χ0v) is 15.7. The van der Waals surface area contributed by atoms with Gasteiger partial charge in [-0.1, -0.05) is 68.8 Å². The summed E-state index contributed by atoms with van der Waals surface area (Å²) >= 11 is 1.33. The van der Waals surface area contributed by atoms with Crippen LogP contribution in [-0.2, 0) is 19.4 Å². The molecule has 0 unspecified atom stereocenters. The number of hydrogen-bond donors (Lipinski definition) is 1. The summed E-state index contributed by atoms with van der Waals surface area (Å²) in [7, 11) is -3.51. The predicted molar refractivity (Wildman–Crippen MR) is 98.7 cm³/mol. The molecule has 0 heterocycles. The summed E-state index contributed by atoms with van der Waals surface area (Å²) < 4.78 is 27.5. The van der Waals surface area contributed by atoms with Gasteiger partial charge in [0.15, 0.2) is 5.17 Å². The van der Waals surface area contributed by atoms with E-state index in [0.29, 0.717) is 19.0 Å². The average Bonchev–Trinajstić information content (AvgIpc) is 2.54. The highest BCUT2D eigenvalue weighted by molar-refractivity contribution is 8.13. The fourth-order valence-electron chi connectivity index (χ4n) is 1.62. The molecule has 0 aliphatic heterocycles. The molecule has 0 aromatic heterocycles. The van der Waals surface area contributed by atoms with Gasteiger partial charge in [-0.2, -0.15) is 4.76 Å². The monoisotopic (exact) mass is 358 g/mol. The Morgan fingerprint density at radius 1 is 1.13 bits per heavy atom. The van der Waals surface area contributed by atoms with Crippen LogP contribution in [-0.4, -0.2) is 18.4 Å². The number of rotatable bonds is 11. The van der Waals surface area contributed by atoms with Crippen LogP contribution in [0.15, 0.2) is 35.1 Å². The van der Waals surface area contributed by atoms with E-state index in [1.165, 1.54) is 11.8 Å². The van der Waals surface area contributed by atoms with E-state index < -0.39 is 7.75 Å². The van der Waals surface area contributed by atoms with Crippen molar-refractivity contribution in [2.75, 3.05) is 13.2 Å². The number of amidine groups is 1. The second-order valence-corrected chi connectivity index (χ2v) is 7.70. The second kappa shape index (κ2) is 11.7. The summed E-state index contributed by atoms with van der Waals surface area (Å²) in [4.78, 5) is 0. The Morgan fingerprint density at radius 3 is 2.22 bits per heavy atom. The van der Waals surface area contributed by atoms with E-state index in [1.807, 2.05) is 44.2 Å². The van der Waals surface area contributed by atoms with E-state index in [2.05, 4.69) is 4.76 Å². The number of benzene rings is 1. The third-order valence-corrected chi connectivity index (χ3v) is 5.43. The lowest BCUT2D eigenvalue weighted by Crippen LogP contribution is -2.09. The highest BCUT2D eigenvalue weighted by Gasteiger charge is 2.24. The summed E-state index contributed by atoms with van der Waals surface area (Å²) in [5.41, 5.74) is 7.03. The maximum atomic E-state index is 12.7. The molecule has 0 amide bonds. The summed E-state index contributed by atoms with van der Waals surface area (Å²) in [5.74, 6) is 0.667. The van der Waals surface area contributed by atoms with Crippen LogP contribution in [0.25, 0.3) is 0 Å². The Hall–Kier alpha value is -0.810. The zero-order valence-electron chi connectivity index (χ0n) is 13.9. The number of nitrogens with zero attached hydrogens (tertiary/aromatic N) is 1. The molecule has 0 saturated carbocycles. The van der Waals surface area contributed by atoms with Crippen molar-refractivity contribution in [2.45, 2.75) is 45.3 Å². The molecule has 1 aromatic rings. The first kappa shape index (κ1) is 20.2. The SMILES string of the molecule is CCCCOP(=O)(/N=C(\N)SCc1ccccc1)OCCCC. The van der Waals surface area contributed by atoms with Crippen LogP contribution in [0.3, 0.4) is 0 Å². The Bertz CT molecular complexity index is 497. The summed E-state index contributed by atoms with van der Waals surface area (Å²) in [6.45, 7) is 4.80. The topological polar surface area (TPSA) is 73.9 Å². The van der Waals surface area contributed by atoms with Gasteiger partial charge in [-0.15, -0.1) is 0 Å². The van der Waals surface area contributed by atoms with Crippen LogP contribution in [0.1, 0.15) is 45.1 Å². The molecule has 1 rings (SSSR count). The molecule has 7 heteroatoms.